The Hall–Kier alpha value is -3.97. The third-order valence-electron chi connectivity index (χ3n) is 6.80. The van der Waals surface area contributed by atoms with Gasteiger partial charge in [-0.2, -0.15) is 0 Å². The lowest BCUT2D eigenvalue weighted by atomic mass is 9.99. The molecule has 0 atom stereocenters. The number of para-hydroxylation sites is 1. The number of fused-ring (bicyclic) bond motifs is 1. The van der Waals surface area contributed by atoms with E-state index < -0.39 is 0 Å². The largest absolute Gasteiger partial charge is 0.507 e. The molecule has 186 valence electrons. The van der Waals surface area contributed by atoms with E-state index in [-0.39, 0.29) is 17.3 Å². The van der Waals surface area contributed by atoms with E-state index in [2.05, 4.69) is 34.1 Å². The summed E-state index contributed by atoms with van der Waals surface area (Å²) in [6, 6.07) is 17.5. The lowest BCUT2D eigenvalue weighted by molar-refractivity contribution is 0.101. The van der Waals surface area contributed by atoms with Gasteiger partial charge in [-0.3, -0.25) is 9.69 Å². The topological polar surface area (TPSA) is 71.5 Å². The first-order valence-electron chi connectivity index (χ1n) is 12.0. The molecule has 3 aromatic rings. The van der Waals surface area contributed by atoms with Gasteiger partial charge in [-0.15, -0.1) is 0 Å². The summed E-state index contributed by atoms with van der Waals surface area (Å²) in [6.45, 7) is 5.81. The second-order valence-corrected chi connectivity index (χ2v) is 9.05. The molecule has 0 bridgehead atoms. The Kier molecular flexibility index (Phi) is 6.57. The number of anilines is 1. The molecule has 5 rings (SSSR count). The van der Waals surface area contributed by atoms with Crippen molar-refractivity contribution in [3.63, 3.8) is 0 Å². The van der Waals surface area contributed by atoms with E-state index >= 15 is 0 Å². The van der Waals surface area contributed by atoms with Crippen LogP contribution >= 0.6 is 0 Å². The predicted octanol–water partition coefficient (Wildman–Crippen LogP) is 4.66. The zero-order valence-corrected chi connectivity index (χ0v) is 20.8. The number of ether oxygens (including phenoxy) is 3. The minimum absolute atomic E-state index is 0.150. The number of carbonyl (C=O) groups excluding carboxylic acids is 1. The second-order valence-electron chi connectivity index (χ2n) is 9.05. The van der Waals surface area contributed by atoms with Crippen molar-refractivity contribution in [2.24, 2.45) is 0 Å². The van der Waals surface area contributed by atoms with Crippen LogP contribution in [-0.2, 0) is 6.54 Å². The zero-order valence-electron chi connectivity index (χ0n) is 20.8. The van der Waals surface area contributed by atoms with Crippen LogP contribution < -0.4 is 19.1 Å². The van der Waals surface area contributed by atoms with E-state index in [0.29, 0.717) is 40.5 Å². The van der Waals surface area contributed by atoms with Gasteiger partial charge in [0.25, 0.3) is 0 Å². The van der Waals surface area contributed by atoms with Crippen molar-refractivity contribution < 1.29 is 24.1 Å². The number of hydrogen-bond acceptors (Lipinski definition) is 7. The van der Waals surface area contributed by atoms with Crippen molar-refractivity contribution >= 4 is 17.5 Å². The molecular weight excluding hydrogens is 456 g/mol. The van der Waals surface area contributed by atoms with Crippen LogP contribution in [0.3, 0.4) is 0 Å². The molecule has 0 amide bonds. The number of methoxy groups -OCH3 is 2. The second kappa shape index (κ2) is 9.95. The van der Waals surface area contributed by atoms with Crippen LogP contribution in [0.1, 0.15) is 27.0 Å². The molecule has 36 heavy (non-hydrogen) atoms. The molecule has 1 N–H and O–H groups in total. The van der Waals surface area contributed by atoms with Gasteiger partial charge in [0.1, 0.15) is 11.5 Å². The molecule has 2 aliphatic heterocycles. The first kappa shape index (κ1) is 23.8. The number of nitrogens with zero attached hydrogens (tertiary/aromatic N) is 2. The standard InChI is InChI=1S/C29H30N2O5/c1-19-15-23(32)22(18-30-11-13-31(14-12-30)21-7-5-4-6-8-21)29-27(19)28(33)26(36-29)17-20-9-10-24(34-2)25(16-20)35-3/h4-10,15-17,32H,11-14,18H2,1-3H3/b26-17-. The Labute approximate surface area is 211 Å². The monoisotopic (exact) mass is 486 g/mol. The minimum Gasteiger partial charge on any atom is -0.507 e. The Morgan fingerprint density at radius 2 is 1.69 bits per heavy atom. The fourth-order valence-electron chi connectivity index (χ4n) is 4.85. The van der Waals surface area contributed by atoms with Crippen molar-refractivity contribution in [1.82, 2.24) is 4.90 Å². The molecule has 0 unspecified atom stereocenters. The Balaban J connectivity index is 1.37. The van der Waals surface area contributed by atoms with Crippen molar-refractivity contribution in [1.29, 1.82) is 0 Å². The number of aromatic hydroxyl groups is 1. The van der Waals surface area contributed by atoms with E-state index in [9.17, 15) is 9.90 Å². The number of benzene rings is 3. The van der Waals surface area contributed by atoms with Crippen molar-refractivity contribution in [2.75, 3.05) is 45.3 Å². The van der Waals surface area contributed by atoms with Gasteiger partial charge in [0.15, 0.2) is 17.3 Å². The van der Waals surface area contributed by atoms with Gasteiger partial charge in [-0.1, -0.05) is 24.3 Å². The lowest BCUT2D eigenvalue weighted by Crippen LogP contribution is -2.46. The van der Waals surface area contributed by atoms with Gasteiger partial charge in [0, 0.05) is 38.4 Å². The SMILES string of the molecule is COc1ccc(/C=C2\Oc3c(CN4CCN(c5ccccc5)CC4)c(O)cc(C)c3C2=O)cc1OC. The van der Waals surface area contributed by atoms with Gasteiger partial charge in [0.2, 0.25) is 5.78 Å². The average molecular weight is 487 g/mol. The summed E-state index contributed by atoms with van der Waals surface area (Å²) < 4.78 is 16.8. The molecule has 0 aliphatic carbocycles. The number of Topliss-reactive ketones (excluding diaryl/α,β-unsaturated/α-hetero) is 1. The molecule has 0 radical (unpaired) electrons. The van der Waals surface area contributed by atoms with Crippen LogP contribution in [0, 0.1) is 6.92 Å². The first-order valence-corrected chi connectivity index (χ1v) is 12.0. The maximum Gasteiger partial charge on any atom is 0.232 e. The van der Waals surface area contributed by atoms with Crippen LogP contribution in [0.15, 0.2) is 60.4 Å². The highest BCUT2D eigenvalue weighted by atomic mass is 16.5. The molecule has 3 aromatic carbocycles. The highest BCUT2D eigenvalue weighted by molar-refractivity contribution is 6.15. The number of phenols is 1. The van der Waals surface area contributed by atoms with E-state index in [1.54, 1.807) is 38.5 Å². The number of rotatable bonds is 6. The number of piperazine rings is 1. The summed E-state index contributed by atoms with van der Waals surface area (Å²) in [6.07, 6.45) is 1.70. The summed E-state index contributed by atoms with van der Waals surface area (Å²) in [4.78, 5) is 18.0. The number of phenolic OH excluding ortho intramolecular Hbond substituents is 1. The third kappa shape index (κ3) is 4.50. The molecule has 7 nitrogen and oxygen atoms in total. The van der Waals surface area contributed by atoms with E-state index in [1.807, 2.05) is 19.1 Å². The van der Waals surface area contributed by atoms with Gasteiger partial charge in [-0.25, -0.2) is 0 Å². The summed E-state index contributed by atoms with van der Waals surface area (Å²) in [7, 11) is 3.15. The van der Waals surface area contributed by atoms with Crippen molar-refractivity contribution in [3.8, 4) is 23.0 Å². The molecular formula is C29H30N2O5. The number of carbonyl (C=O) groups is 1. The third-order valence-corrected chi connectivity index (χ3v) is 6.80. The smallest absolute Gasteiger partial charge is 0.232 e. The number of ketones is 1. The summed E-state index contributed by atoms with van der Waals surface area (Å²) >= 11 is 0. The summed E-state index contributed by atoms with van der Waals surface area (Å²) in [5.41, 5.74) is 3.82. The molecule has 2 heterocycles. The Morgan fingerprint density at radius 1 is 0.972 bits per heavy atom. The quantitative estimate of drug-likeness (QED) is 0.508. The molecule has 1 fully saturated rings. The van der Waals surface area contributed by atoms with Crippen molar-refractivity contribution in [2.45, 2.75) is 13.5 Å². The van der Waals surface area contributed by atoms with Gasteiger partial charge in [0.05, 0.1) is 25.3 Å². The summed E-state index contributed by atoms with van der Waals surface area (Å²) in [5.74, 6) is 1.82. The van der Waals surface area contributed by atoms with E-state index in [0.717, 1.165) is 31.7 Å². The fourth-order valence-corrected chi connectivity index (χ4v) is 4.85. The van der Waals surface area contributed by atoms with E-state index in [4.69, 9.17) is 14.2 Å². The van der Waals surface area contributed by atoms with Gasteiger partial charge < -0.3 is 24.2 Å². The minimum atomic E-state index is -0.188. The lowest BCUT2D eigenvalue weighted by Gasteiger charge is -2.36. The van der Waals surface area contributed by atoms with E-state index in [1.165, 1.54) is 5.69 Å². The number of allylic oxidation sites excluding steroid dienone is 1. The van der Waals surface area contributed by atoms with Crippen LogP contribution in [-0.4, -0.2) is 56.2 Å². The first-order chi connectivity index (χ1) is 17.5. The highest BCUT2D eigenvalue weighted by Crippen LogP contribution is 2.42. The van der Waals surface area contributed by atoms with Gasteiger partial charge in [-0.05, 0) is 54.5 Å². The van der Waals surface area contributed by atoms with Gasteiger partial charge >= 0.3 is 0 Å². The number of hydrogen-bond donors (Lipinski definition) is 1. The maximum absolute atomic E-state index is 13.3. The van der Waals surface area contributed by atoms with Crippen LogP contribution in [0.25, 0.3) is 6.08 Å². The fraction of sp³-hybridized carbons (Fsp3) is 0.276. The zero-order chi connectivity index (χ0) is 25.2. The maximum atomic E-state index is 13.3. The average Bonchev–Trinajstić information content (AvgIpc) is 3.23. The Bertz CT molecular complexity index is 1310. The molecule has 1 saturated heterocycles. The van der Waals surface area contributed by atoms with Crippen molar-refractivity contribution in [3.05, 3.63) is 82.6 Å². The Morgan fingerprint density at radius 3 is 2.39 bits per heavy atom. The molecule has 2 aliphatic rings. The van der Waals surface area contributed by atoms with Crippen LogP contribution in [0.5, 0.6) is 23.0 Å². The summed E-state index contributed by atoms with van der Waals surface area (Å²) in [5, 5.41) is 10.8. The van der Waals surface area contributed by atoms with Crippen LogP contribution in [0.4, 0.5) is 5.69 Å². The molecule has 7 heteroatoms. The number of aryl methyl sites for hydroxylation is 1. The molecule has 0 spiro atoms. The van der Waals surface area contributed by atoms with Crippen LogP contribution in [0.2, 0.25) is 0 Å². The predicted molar refractivity (Wildman–Crippen MR) is 139 cm³/mol. The molecule has 0 aromatic heterocycles. The molecule has 0 saturated carbocycles. The normalized spacial score (nSPS) is 16.7. The highest BCUT2D eigenvalue weighted by Gasteiger charge is 2.34.